The SMILES string of the molecule is CN(C)[C@@H]1C(O)=C(C(N)=O)C(=O)[C@@]2(O)C(O)=C3C(=O)c4c(ccc(Nc5nc(-c6ccc(F)cc6)cs5)c4O)C[C@H]3C[C@@H]12. The lowest BCUT2D eigenvalue weighted by Gasteiger charge is -2.50. The molecule has 3 aromatic rings. The van der Waals surface area contributed by atoms with Crippen LogP contribution in [-0.2, 0) is 16.0 Å². The van der Waals surface area contributed by atoms with E-state index in [-0.39, 0.29) is 35.5 Å². The van der Waals surface area contributed by atoms with Gasteiger partial charge in [0.2, 0.25) is 5.78 Å². The van der Waals surface area contributed by atoms with Crippen LogP contribution in [0.3, 0.4) is 0 Å². The monoisotopic (exact) mass is 606 g/mol. The molecule has 1 amide bonds. The molecule has 0 spiro atoms. The Bertz CT molecular complexity index is 1780. The van der Waals surface area contributed by atoms with Crippen LogP contribution in [0.4, 0.5) is 15.2 Å². The number of amides is 1. The summed E-state index contributed by atoms with van der Waals surface area (Å²) >= 11 is 1.23. The Morgan fingerprint density at radius 2 is 1.84 bits per heavy atom. The lowest BCUT2D eigenvalue weighted by Crippen LogP contribution is -2.63. The molecule has 0 radical (unpaired) electrons. The standard InChI is InChI=1S/C30H27FN4O7S/c1-35(2)22-16-10-14-9-13-5-8-17(33-29-34-18(11-43-29)12-3-6-15(31)7-4-12)23(36)19(13)24(37)20(14)26(39)30(16,42)27(40)21(25(22)38)28(32)41/h3-8,11,14,16,22,36,38-39,42H,9-10H2,1-2H3,(H2,32,41)(H,33,34)/t14-,16-,22-,30-/m0/s1. The summed E-state index contributed by atoms with van der Waals surface area (Å²) in [6.45, 7) is 0. The number of halogens is 1. The fraction of sp³-hybridized carbons (Fsp3) is 0.267. The zero-order valence-electron chi connectivity index (χ0n) is 23.0. The van der Waals surface area contributed by atoms with E-state index in [1.54, 1.807) is 43.7 Å². The van der Waals surface area contributed by atoms with Gasteiger partial charge in [0.25, 0.3) is 5.91 Å². The van der Waals surface area contributed by atoms with Gasteiger partial charge in [-0.2, -0.15) is 0 Å². The number of fused-ring (bicyclic) bond motifs is 3. The summed E-state index contributed by atoms with van der Waals surface area (Å²) in [5.41, 5.74) is 3.38. The zero-order chi connectivity index (χ0) is 31.0. The lowest BCUT2D eigenvalue weighted by atomic mass is 9.58. The van der Waals surface area contributed by atoms with Crippen LogP contribution >= 0.6 is 11.3 Å². The number of ketones is 2. The minimum Gasteiger partial charge on any atom is -0.510 e. The van der Waals surface area contributed by atoms with Crippen LogP contribution in [-0.4, -0.2) is 73.5 Å². The third kappa shape index (κ3) is 4.22. The molecule has 11 nitrogen and oxygen atoms in total. The number of hydrogen-bond donors (Lipinski definition) is 6. The van der Waals surface area contributed by atoms with E-state index in [2.05, 4.69) is 10.3 Å². The number of rotatable bonds is 5. The minimum absolute atomic E-state index is 0.0117. The van der Waals surface area contributed by atoms with Crippen molar-refractivity contribution in [1.29, 1.82) is 0 Å². The second kappa shape index (κ2) is 10.0. The van der Waals surface area contributed by atoms with E-state index in [0.717, 1.165) is 0 Å². The molecule has 0 saturated heterocycles. The fourth-order valence-electron chi connectivity index (χ4n) is 6.53. The maximum absolute atomic E-state index is 13.9. The molecule has 222 valence electrons. The molecule has 4 atom stereocenters. The second-order valence-corrected chi connectivity index (χ2v) is 12.0. The Hall–Kier alpha value is -4.59. The van der Waals surface area contributed by atoms with Gasteiger partial charge in [-0.05, 0) is 68.8 Å². The smallest absolute Gasteiger partial charge is 0.255 e. The highest BCUT2D eigenvalue weighted by Gasteiger charge is 2.63. The Morgan fingerprint density at radius 1 is 1.14 bits per heavy atom. The molecule has 0 aliphatic heterocycles. The van der Waals surface area contributed by atoms with Crippen LogP contribution in [0.5, 0.6) is 5.75 Å². The largest absolute Gasteiger partial charge is 0.510 e. The van der Waals surface area contributed by atoms with Crippen molar-refractivity contribution >= 4 is 39.6 Å². The number of nitrogens with zero attached hydrogens (tertiary/aromatic N) is 2. The van der Waals surface area contributed by atoms with Gasteiger partial charge in [-0.15, -0.1) is 11.3 Å². The van der Waals surface area contributed by atoms with Crippen molar-refractivity contribution in [3.63, 3.8) is 0 Å². The first-order chi connectivity index (χ1) is 20.3. The number of primary amides is 1. The molecule has 1 aromatic heterocycles. The summed E-state index contributed by atoms with van der Waals surface area (Å²) in [5.74, 6) is -7.42. The van der Waals surface area contributed by atoms with Crippen molar-refractivity contribution in [2.45, 2.75) is 24.5 Å². The first-order valence-electron chi connectivity index (χ1n) is 13.3. The summed E-state index contributed by atoms with van der Waals surface area (Å²) in [5, 5.41) is 50.3. The topological polar surface area (TPSA) is 186 Å². The third-order valence-electron chi connectivity index (χ3n) is 8.48. The van der Waals surface area contributed by atoms with Crippen molar-refractivity contribution in [1.82, 2.24) is 9.88 Å². The normalized spacial score (nSPS) is 25.0. The summed E-state index contributed by atoms with van der Waals surface area (Å²) in [6, 6.07) is 8.01. The lowest BCUT2D eigenvalue weighted by molar-refractivity contribution is -0.148. The number of hydrogen-bond acceptors (Lipinski definition) is 11. The molecular formula is C30H27FN4O7S. The highest BCUT2D eigenvalue weighted by atomic mass is 32.1. The average Bonchev–Trinajstić information content (AvgIpc) is 3.41. The van der Waals surface area contributed by atoms with Crippen LogP contribution < -0.4 is 11.1 Å². The fourth-order valence-corrected chi connectivity index (χ4v) is 7.26. The number of thiazole rings is 1. The van der Waals surface area contributed by atoms with Gasteiger partial charge in [-0.3, -0.25) is 19.3 Å². The predicted octanol–water partition coefficient (Wildman–Crippen LogP) is 3.13. The van der Waals surface area contributed by atoms with Crippen molar-refractivity contribution in [3.8, 4) is 17.0 Å². The Morgan fingerprint density at radius 3 is 2.49 bits per heavy atom. The number of aliphatic hydroxyl groups is 3. The van der Waals surface area contributed by atoms with E-state index in [9.17, 15) is 39.2 Å². The highest BCUT2D eigenvalue weighted by Crippen LogP contribution is 2.52. The molecule has 3 aliphatic rings. The van der Waals surface area contributed by atoms with Gasteiger partial charge < -0.3 is 31.5 Å². The molecule has 1 heterocycles. The molecule has 3 aliphatic carbocycles. The first-order valence-corrected chi connectivity index (χ1v) is 14.2. The van der Waals surface area contributed by atoms with Gasteiger partial charge >= 0.3 is 0 Å². The predicted molar refractivity (Wildman–Crippen MR) is 154 cm³/mol. The van der Waals surface area contributed by atoms with Gasteiger partial charge in [-0.1, -0.05) is 6.07 Å². The summed E-state index contributed by atoms with van der Waals surface area (Å²) in [4.78, 5) is 45.4. The van der Waals surface area contributed by atoms with Crippen molar-refractivity contribution in [2.75, 3.05) is 19.4 Å². The van der Waals surface area contributed by atoms with E-state index in [0.29, 0.717) is 22.0 Å². The minimum atomic E-state index is -2.70. The van der Waals surface area contributed by atoms with Gasteiger partial charge in [0.15, 0.2) is 22.3 Å². The van der Waals surface area contributed by atoms with Crippen molar-refractivity contribution in [2.24, 2.45) is 17.6 Å². The van der Waals surface area contributed by atoms with Crippen LogP contribution in [0, 0.1) is 17.7 Å². The number of anilines is 2. The Kier molecular flexibility index (Phi) is 6.64. The number of nitrogens with one attached hydrogen (secondary N) is 1. The molecule has 2 aromatic carbocycles. The van der Waals surface area contributed by atoms with E-state index >= 15 is 0 Å². The van der Waals surface area contributed by atoms with Crippen LogP contribution in [0.15, 0.2) is 64.4 Å². The number of carbonyl (C=O) groups is 3. The van der Waals surface area contributed by atoms with Gasteiger partial charge in [-0.25, -0.2) is 9.37 Å². The molecule has 0 bridgehead atoms. The number of allylic oxidation sites excluding steroid dienone is 1. The molecule has 7 N–H and O–H groups in total. The molecule has 13 heteroatoms. The van der Waals surface area contributed by atoms with Gasteiger partial charge in [0.1, 0.15) is 22.9 Å². The number of likely N-dealkylation sites (N-methyl/N-ethyl adjacent to an activating group) is 1. The zero-order valence-corrected chi connectivity index (χ0v) is 23.8. The molecule has 43 heavy (non-hydrogen) atoms. The number of aliphatic hydroxyl groups excluding tert-OH is 2. The summed E-state index contributed by atoms with van der Waals surface area (Å²) in [7, 11) is 3.15. The Balaban J connectivity index is 1.38. The summed E-state index contributed by atoms with van der Waals surface area (Å²) in [6.07, 6.45) is 0.201. The van der Waals surface area contributed by atoms with Gasteiger partial charge in [0, 0.05) is 22.4 Å². The summed E-state index contributed by atoms with van der Waals surface area (Å²) < 4.78 is 13.3. The third-order valence-corrected chi connectivity index (χ3v) is 9.24. The maximum Gasteiger partial charge on any atom is 0.255 e. The number of phenols is 1. The number of Topliss-reactive ketones (excluding diaryl/α,β-unsaturated/α-hetero) is 2. The second-order valence-electron chi connectivity index (χ2n) is 11.1. The maximum atomic E-state index is 13.9. The number of carbonyl (C=O) groups excluding carboxylic acids is 3. The first kappa shape index (κ1) is 28.5. The van der Waals surface area contributed by atoms with E-state index in [1.165, 1.54) is 28.4 Å². The average molecular weight is 607 g/mol. The van der Waals surface area contributed by atoms with E-state index in [1.807, 2.05) is 0 Å². The number of aromatic nitrogens is 1. The van der Waals surface area contributed by atoms with Crippen molar-refractivity contribution in [3.05, 3.63) is 81.4 Å². The van der Waals surface area contributed by atoms with E-state index < -0.39 is 63.8 Å². The highest BCUT2D eigenvalue weighted by molar-refractivity contribution is 7.14. The molecule has 0 saturated carbocycles. The molecule has 6 rings (SSSR count). The van der Waals surface area contributed by atoms with Crippen LogP contribution in [0.2, 0.25) is 0 Å². The van der Waals surface area contributed by atoms with E-state index in [4.69, 9.17) is 5.73 Å². The number of phenolic OH excluding ortho intramolecular Hbond substituents is 1. The number of aromatic hydroxyl groups is 1. The number of benzene rings is 2. The molecular weight excluding hydrogens is 579 g/mol. The van der Waals surface area contributed by atoms with Crippen molar-refractivity contribution < 1.29 is 39.2 Å². The van der Waals surface area contributed by atoms with Crippen LogP contribution in [0.25, 0.3) is 11.3 Å². The quantitative estimate of drug-likeness (QED) is 0.186. The van der Waals surface area contributed by atoms with Gasteiger partial charge in [0.05, 0.1) is 23.0 Å². The molecule has 0 unspecified atom stereocenters. The van der Waals surface area contributed by atoms with Crippen LogP contribution in [0.1, 0.15) is 22.3 Å². The molecule has 0 fully saturated rings. The number of nitrogens with two attached hydrogens (primary N) is 1. The Labute approximate surface area is 248 Å².